The fourth-order valence-corrected chi connectivity index (χ4v) is 4.48. The zero-order chi connectivity index (χ0) is 21.2. The van der Waals surface area contributed by atoms with Gasteiger partial charge >= 0.3 is 5.97 Å². The van der Waals surface area contributed by atoms with Crippen molar-refractivity contribution in [3.8, 4) is 0 Å². The zero-order valence-corrected chi connectivity index (χ0v) is 18.4. The van der Waals surface area contributed by atoms with Crippen LogP contribution < -0.4 is 0 Å². The van der Waals surface area contributed by atoms with Gasteiger partial charge in [0.05, 0.1) is 6.61 Å². The Bertz CT molecular complexity index is 845. The number of carbonyl (C=O) groups excluding carboxylic acids is 2. The summed E-state index contributed by atoms with van der Waals surface area (Å²) in [6.45, 7) is 10.7. The van der Waals surface area contributed by atoms with E-state index in [1.54, 1.807) is 0 Å². The van der Waals surface area contributed by atoms with Gasteiger partial charge in [-0.3, -0.25) is 14.6 Å². The van der Waals surface area contributed by atoms with Gasteiger partial charge in [0, 0.05) is 29.3 Å². The first kappa shape index (κ1) is 21.5. The van der Waals surface area contributed by atoms with E-state index >= 15 is 0 Å². The van der Waals surface area contributed by atoms with E-state index in [0.717, 1.165) is 48.2 Å². The number of allylic oxidation sites excluding steroid dienone is 2. The van der Waals surface area contributed by atoms with Crippen LogP contribution in [0.3, 0.4) is 0 Å². The minimum atomic E-state index is -0.539. The van der Waals surface area contributed by atoms with Crippen molar-refractivity contribution in [3.63, 3.8) is 0 Å². The summed E-state index contributed by atoms with van der Waals surface area (Å²) >= 11 is 0. The molecule has 0 N–H and O–H groups in total. The van der Waals surface area contributed by atoms with E-state index < -0.39 is 5.92 Å². The van der Waals surface area contributed by atoms with Crippen molar-refractivity contribution in [2.45, 2.75) is 72.6 Å². The summed E-state index contributed by atoms with van der Waals surface area (Å²) < 4.78 is 5.59. The van der Waals surface area contributed by atoms with Crippen LogP contribution in [0.1, 0.15) is 77.3 Å². The largest absolute Gasteiger partial charge is 0.465 e. The predicted octanol–water partition coefficient (Wildman–Crippen LogP) is 5.41. The predicted molar refractivity (Wildman–Crippen MR) is 116 cm³/mol. The molecule has 2 aliphatic rings. The van der Waals surface area contributed by atoms with Crippen LogP contribution >= 0.6 is 0 Å². The van der Waals surface area contributed by atoms with E-state index in [1.807, 2.05) is 6.92 Å². The van der Waals surface area contributed by atoms with E-state index in [2.05, 4.69) is 52.0 Å². The Morgan fingerprint density at radius 2 is 1.86 bits per heavy atom. The highest BCUT2D eigenvalue weighted by atomic mass is 16.5. The Balaban J connectivity index is 2.06. The molecule has 2 atom stereocenters. The van der Waals surface area contributed by atoms with Gasteiger partial charge in [0.15, 0.2) is 5.78 Å². The Morgan fingerprint density at radius 3 is 2.48 bits per heavy atom. The molecule has 1 aliphatic carbocycles. The summed E-state index contributed by atoms with van der Waals surface area (Å²) in [4.78, 5) is 31.0. The molecule has 0 aromatic heterocycles. The number of hydrogen-bond acceptors (Lipinski definition) is 4. The Labute approximate surface area is 174 Å². The van der Waals surface area contributed by atoms with Gasteiger partial charge in [-0.15, -0.1) is 0 Å². The smallest absolute Gasteiger partial charge is 0.315 e. The Kier molecular flexibility index (Phi) is 6.40. The number of ketones is 1. The number of Topliss-reactive ketones (excluding diaryl/α,β-unsaturated/α-hetero) is 1. The molecule has 0 saturated heterocycles. The normalized spacial score (nSPS) is 23.5. The summed E-state index contributed by atoms with van der Waals surface area (Å²) in [7, 11) is 0. The molecule has 1 heterocycles. The quantitative estimate of drug-likeness (QED) is 0.478. The number of benzene rings is 1. The monoisotopic (exact) mass is 395 g/mol. The second kappa shape index (κ2) is 8.64. The Morgan fingerprint density at radius 1 is 1.17 bits per heavy atom. The summed E-state index contributed by atoms with van der Waals surface area (Å²) in [6, 6.07) is 8.30. The van der Waals surface area contributed by atoms with Crippen LogP contribution in [0.15, 0.2) is 40.5 Å². The van der Waals surface area contributed by atoms with E-state index in [-0.39, 0.29) is 23.1 Å². The third-order valence-corrected chi connectivity index (χ3v) is 6.05. The molecule has 0 saturated carbocycles. The number of aliphatic imine (C=N–C) groups is 1. The van der Waals surface area contributed by atoms with Gasteiger partial charge in [-0.25, -0.2) is 0 Å². The summed E-state index contributed by atoms with van der Waals surface area (Å²) in [5, 5.41) is 0. The van der Waals surface area contributed by atoms with Gasteiger partial charge < -0.3 is 4.74 Å². The molecular formula is C25H33NO3. The first-order valence-corrected chi connectivity index (χ1v) is 10.8. The molecular weight excluding hydrogens is 362 g/mol. The van der Waals surface area contributed by atoms with Crippen molar-refractivity contribution in [2.24, 2.45) is 16.3 Å². The van der Waals surface area contributed by atoms with E-state index in [4.69, 9.17) is 9.73 Å². The van der Waals surface area contributed by atoms with Crippen LogP contribution in [0.5, 0.6) is 0 Å². The molecule has 3 rings (SSSR count). The molecule has 0 amide bonds. The van der Waals surface area contributed by atoms with Gasteiger partial charge in [-0.05, 0) is 42.7 Å². The third-order valence-electron chi connectivity index (χ3n) is 6.05. The first-order chi connectivity index (χ1) is 13.8. The number of carbonyl (C=O) groups is 2. The number of nitrogens with zero attached hydrogens (tertiary/aromatic N) is 1. The van der Waals surface area contributed by atoms with Crippen molar-refractivity contribution in [1.82, 2.24) is 0 Å². The second-order valence-corrected chi connectivity index (χ2v) is 9.13. The van der Waals surface area contributed by atoms with Gasteiger partial charge in [-0.1, -0.05) is 58.4 Å². The maximum atomic E-state index is 13.2. The average molecular weight is 396 g/mol. The van der Waals surface area contributed by atoms with E-state index in [9.17, 15) is 9.59 Å². The molecule has 0 fully saturated rings. The lowest BCUT2D eigenvalue weighted by Crippen LogP contribution is -2.39. The minimum absolute atomic E-state index is 0.106. The van der Waals surface area contributed by atoms with Crippen LogP contribution in [0, 0.1) is 11.3 Å². The molecule has 1 aliphatic heterocycles. The lowest BCUT2D eigenvalue weighted by atomic mass is 9.67. The topological polar surface area (TPSA) is 55.7 Å². The van der Waals surface area contributed by atoms with Gasteiger partial charge in [0.1, 0.15) is 5.92 Å². The van der Waals surface area contributed by atoms with Crippen molar-refractivity contribution in [3.05, 3.63) is 46.7 Å². The SMILES string of the molecule is CCCCOC(=O)C1C(C)=NC2=C(C(=O)CC(C)(C)C2)[C@@H]1c1ccc(CC)cc1. The van der Waals surface area contributed by atoms with E-state index in [0.29, 0.717) is 13.0 Å². The molecule has 4 nitrogen and oxygen atoms in total. The molecule has 0 bridgehead atoms. The number of ether oxygens (including phenoxy) is 1. The van der Waals surface area contributed by atoms with Gasteiger partial charge in [-0.2, -0.15) is 0 Å². The summed E-state index contributed by atoms with van der Waals surface area (Å²) in [5.74, 6) is -1.01. The van der Waals surface area contributed by atoms with Crippen molar-refractivity contribution in [1.29, 1.82) is 0 Å². The number of aryl methyl sites for hydroxylation is 1. The van der Waals surface area contributed by atoms with E-state index in [1.165, 1.54) is 5.56 Å². The number of unbranched alkanes of at least 4 members (excludes halogenated alkanes) is 1. The third kappa shape index (κ3) is 4.52. The van der Waals surface area contributed by atoms with Gasteiger partial charge in [0.2, 0.25) is 0 Å². The highest BCUT2D eigenvalue weighted by molar-refractivity contribution is 6.09. The number of rotatable bonds is 6. The van der Waals surface area contributed by atoms with Crippen LogP contribution in [0.25, 0.3) is 0 Å². The minimum Gasteiger partial charge on any atom is -0.465 e. The van der Waals surface area contributed by atoms with Crippen molar-refractivity contribution >= 4 is 17.5 Å². The van der Waals surface area contributed by atoms with Crippen LogP contribution in [-0.2, 0) is 20.7 Å². The molecule has 1 aromatic carbocycles. The maximum Gasteiger partial charge on any atom is 0.315 e. The summed E-state index contributed by atoms with van der Waals surface area (Å²) in [6.07, 6.45) is 4.00. The lowest BCUT2D eigenvalue weighted by Gasteiger charge is -2.39. The zero-order valence-electron chi connectivity index (χ0n) is 18.4. The van der Waals surface area contributed by atoms with Crippen molar-refractivity contribution < 1.29 is 14.3 Å². The molecule has 29 heavy (non-hydrogen) atoms. The first-order valence-electron chi connectivity index (χ1n) is 10.8. The number of hydrogen-bond donors (Lipinski definition) is 0. The molecule has 1 unspecified atom stereocenters. The molecule has 0 spiro atoms. The molecule has 0 radical (unpaired) electrons. The lowest BCUT2D eigenvalue weighted by molar-refractivity contribution is -0.146. The van der Waals surface area contributed by atoms with Crippen LogP contribution in [0.2, 0.25) is 0 Å². The fraction of sp³-hybridized carbons (Fsp3) is 0.560. The fourth-order valence-electron chi connectivity index (χ4n) is 4.48. The van der Waals surface area contributed by atoms with Crippen molar-refractivity contribution in [2.75, 3.05) is 6.61 Å². The second-order valence-electron chi connectivity index (χ2n) is 9.13. The average Bonchev–Trinajstić information content (AvgIpc) is 2.66. The maximum absolute atomic E-state index is 13.2. The standard InChI is InChI=1S/C25H33NO3/c1-6-8-13-29-24(28)21-16(3)26-19-14-25(4,5)15-20(27)23(19)22(21)18-11-9-17(7-2)10-12-18/h9-12,21-22H,6-8,13-15H2,1-5H3/t21?,22-/m1/s1. The van der Waals surface area contributed by atoms with Crippen LogP contribution in [0.4, 0.5) is 0 Å². The molecule has 1 aromatic rings. The molecule has 156 valence electrons. The Hall–Kier alpha value is -2.23. The van der Waals surface area contributed by atoms with Crippen LogP contribution in [-0.4, -0.2) is 24.1 Å². The van der Waals surface area contributed by atoms with Gasteiger partial charge in [0.25, 0.3) is 0 Å². The number of esters is 1. The highest BCUT2D eigenvalue weighted by Crippen LogP contribution is 2.47. The molecule has 4 heteroatoms. The summed E-state index contributed by atoms with van der Waals surface area (Å²) in [5.41, 5.74) is 4.45. The highest BCUT2D eigenvalue weighted by Gasteiger charge is 2.45.